The van der Waals surface area contributed by atoms with Crippen molar-refractivity contribution >= 4 is 22.2 Å². The maximum absolute atomic E-state index is 14.7. The van der Waals surface area contributed by atoms with Gasteiger partial charge in [-0.05, 0) is 31.2 Å². The molecule has 0 radical (unpaired) electrons. The molecule has 1 aliphatic rings. The third kappa shape index (κ3) is 3.87. The van der Waals surface area contributed by atoms with Gasteiger partial charge in [-0.15, -0.1) is 11.3 Å². The van der Waals surface area contributed by atoms with Crippen molar-refractivity contribution in [1.82, 2.24) is 4.90 Å². The number of benzene rings is 1. The topological polar surface area (TPSA) is 54.7 Å². The van der Waals surface area contributed by atoms with Gasteiger partial charge in [-0.3, -0.25) is 9.69 Å². The van der Waals surface area contributed by atoms with Gasteiger partial charge in [0.1, 0.15) is 10.8 Å². The summed E-state index contributed by atoms with van der Waals surface area (Å²) in [5.74, 6) is -0.334. The fourth-order valence-corrected chi connectivity index (χ4v) is 4.44. The van der Waals surface area contributed by atoms with E-state index in [4.69, 9.17) is 9.15 Å². The molecule has 5 nitrogen and oxygen atoms in total. The van der Waals surface area contributed by atoms with E-state index in [1.165, 1.54) is 23.7 Å². The molecule has 0 unspecified atom stereocenters. The summed E-state index contributed by atoms with van der Waals surface area (Å²) >= 11 is 1.48. The Morgan fingerprint density at radius 1 is 1.18 bits per heavy atom. The van der Waals surface area contributed by atoms with Gasteiger partial charge in [-0.1, -0.05) is 18.2 Å². The zero-order chi connectivity index (χ0) is 19.5. The Kier molecular flexibility index (Phi) is 5.57. The summed E-state index contributed by atoms with van der Waals surface area (Å²) in [6.07, 6.45) is 1.46. The van der Waals surface area contributed by atoms with E-state index < -0.39 is 0 Å². The molecule has 1 aliphatic heterocycles. The van der Waals surface area contributed by atoms with Crippen molar-refractivity contribution in [3.8, 4) is 0 Å². The van der Waals surface area contributed by atoms with E-state index in [1.54, 1.807) is 24.3 Å². The first-order valence-corrected chi connectivity index (χ1v) is 9.96. The first-order chi connectivity index (χ1) is 13.6. The van der Waals surface area contributed by atoms with Crippen LogP contribution >= 0.6 is 11.3 Å². The van der Waals surface area contributed by atoms with E-state index in [9.17, 15) is 9.18 Å². The molecule has 1 amide bonds. The molecule has 4 rings (SSSR count). The predicted octanol–water partition coefficient (Wildman–Crippen LogP) is 4.46. The van der Waals surface area contributed by atoms with Crippen LogP contribution in [0.25, 0.3) is 0 Å². The Morgan fingerprint density at radius 3 is 2.68 bits per heavy atom. The van der Waals surface area contributed by atoms with Crippen LogP contribution in [-0.4, -0.2) is 37.1 Å². The largest absolute Gasteiger partial charge is 0.459 e. The Hall–Kier alpha value is -2.48. The SMILES string of the molecule is Cc1cc([C@H](c2ccccc2F)N2CCOCC2)c(NC(=O)c2ccco2)s1. The van der Waals surface area contributed by atoms with Crippen LogP contribution in [0.1, 0.15) is 32.6 Å². The number of aryl methyl sites for hydroxylation is 1. The van der Waals surface area contributed by atoms with Crippen molar-refractivity contribution in [1.29, 1.82) is 0 Å². The van der Waals surface area contributed by atoms with Crippen LogP contribution in [0.2, 0.25) is 0 Å². The summed E-state index contributed by atoms with van der Waals surface area (Å²) in [5.41, 5.74) is 1.48. The van der Waals surface area contributed by atoms with Gasteiger partial charge in [-0.2, -0.15) is 0 Å². The highest BCUT2D eigenvalue weighted by atomic mass is 32.1. The predicted molar refractivity (Wildman–Crippen MR) is 106 cm³/mol. The van der Waals surface area contributed by atoms with Crippen LogP contribution in [0.15, 0.2) is 53.1 Å². The highest BCUT2D eigenvalue weighted by Crippen LogP contribution is 2.40. The number of hydrogen-bond acceptors (Lipinski definition) is 5. The summed E-state index contributed by atoms with van der Waals surface area (Å²) in [7, 11) is 0. The van der Waals surface area contributed by atoms with Gasteiger partial charge in [0.2, 0.25) is 0 Å². The normalized spacial score (nSPS) is 16.1. The van der Waals surface area contributed by atoms with Gasteiger partial charge in [0.25, 0.3) is 5.91 Å². The molecule has 1 aromatic carbocycles. The molecule has 0 spiro atoms. The average molecular weight is 400 g/mol. The van der Waals surface area contributed by atoms with E-state index in [0.29, 0.717) is 36.9 Å². The molecule has 0 saturated carbocycles. The number of carbonyl (C=O) groups is 1. The van der Waals surface area contributed by atoms with Gasteiger partial charge in [0.15, 0.2) is 5.76 Å². The smallest absolute Gasteiger partial charge is 0.291 e. The van der Waals surface area contributed by atoms with Crippen molar-refractivity contribution in [2.24, 2.45) is 0 Å². The minimum Gasteiger partial charge on any atom is -0.459 e. The first kappa shape index (κ1) is 18.9. The lowest BCUT2D eigenvalue weighted by atomic mass is 9.97. The van der Waals surface area contributed by atoms with Crippen molar-refractivity contribution in [2.75, 3.05) is 31.6 Å². The Bertz CT molecular complexity index is 948. The highest BCUT2D eigenvalue weighted by Gasteiger charge is 2.30. The fraction of sp³-hybridized carbons (Fsp3) is 0.286. The molecule has 146 valence electrons. The maximum atomic E-state index is 14.7. The van der Waals surface area contributed by atoms with Crippen LogP contribution < -0.4 is 5.32 Å². The van der Waals surface area contributed by atoms with Gasteiger partial charge in [0.05, 0.1) is 25.5 Å². The molecule has 1 fully saturated rings. The van der Waals surface area contributed by atoms with Crippen LogP contribution in [0.4, 0.5) is 9.39 Å². The van der Waals surface area contributed by atoms with Crippen molar-refractivity contribution < 1.29 is 18.3 Å². The molecular weight excluding hydrogens is 379 g/mol. The molecule has 28 heavy (non-hydrogen) atoms. The van der Waals surface area contributed by atoms with E-state index in [-0.39, 0.29) is 23.5 Å². The number of carbonyl (C=O) groups excluding carboxylic acids is 1. The Morgan fingerprint density at radius 2 is 1.96 bits per heavy atom. The lowest BCUT2D eigenvalue weighted by molar-refractivity contribution is 0.0235. The monoisotopic (exact) mass is 400 g/mol. The zero-order valence-corrected chi connectivity index (χ0v) is 16.3. The molecule has 1 saturated heterocycles. The van der Waals surface area contributed by atoms with E-state index >= 15 is 0 Å². The number of anilines is 1. The summed E-state index contributed by atoms with van der Waals surface area (Å²) in [5, 5.41) is 3.66. The molecule has 1 N–H and O–H groups in total. The third-order valence-electron chi connectivity index (χ3n) is 4.76. The molecule has 2 aromatic heterocycles. The molecule has 0 aliphatic carbocycles. The summed E-state index contributed by atoms with van der Waals surface area (Å²) in [4.78, 5) is 15.8. The van der Waals surface area contributed by atoms with Crippen LogP contribution in [0, 0.1) is 12.7 Å². The number of thiophene rings is 1. The third-order valence-corrected chi connectivity index (χ3v) is 5.74. The van der Waals surface area contributed by atoms with Crippen molar-refractivity contribution in [2.45, 2.75) is 13.0 Å². The molecule has 0 bridgehead atoms. The second kappa shape index (κ2) is 8.26. The number of nitrogens with zero attached hydrogens (tertiary/aromatic N) is 1. The Labute approximate surface area is 166 Å². The number of morpholine rings is 1. The standard InChI is InChI=1S/C21H21FN2O3S/c1-14-13-16(21(28-14)23-20(25)18-7-4-10-27-18)19(24-8-11-26-12-9-24)15-5-2-3-6-17(15)22/h2-7,10,13,19H,8-9,11-12H2,1H3,(H,23,25)/t19-/m0/s1. The van der Waals surface area contributed by atoms with E-state index in [0.717, 1.165) is 10.4 Å². The maximum Gasteiger partial charge on any atom is 0.291 e. The van der Waals surface area contributed by atoms with Crippen molar-refractivity contribution in [3.63, 3.8) is 0 Å². The molecule has 7 heteroatoms. The highest BCUT2D eigenvalue weighted by molar-refractivity contribution is 7.16. The molecule has 3 heterocycles. The number of rotatable bonds is 5. The average Bonchev–Trinajstić information content (AvgIpc) is 3.35. The van der Waals surface area contributed by atoms with E-state index in [1.807, 2.05) is 19.1 Å². The second-order valence-electron chi connectivity index (χ2n) is 6.65. The Balaban J connectivity index is 1.74. The number of ether oxygens (including phenoxy) is 1. The lowest BCUT2D eigenvalue weighted by Gasteiger charge is -2.35. The number of nitrogens with one attached hydrogen (secondary N) is 1. The van der Waals surface area contributed by atoms with Crippen LogP contribution in [0.5, 0.6) is 0 Å². The molecular formula is C21H21FN2O3S. The summed E-state index contributed by atoms with van der Waals surface area (Å²) in [6, 6.07) is 11.8. The number of halogens is 1. The van der Waals surface area contributed by atoms with Gasteiger partial charge in [0, 0.05) is 29.1 Å². The molecule has 3 aromatic rings. The van der Waals surface area contributed by atoms with Crippen molar-refractivity contribution in [3.05, 3.63) is 76.3 Å². The van der Waals surface area contributed by atoms with Gasteiger partial charge in [-0.25, -0.2) is 4.39 Å². The van der Waals surface area contributed by atoms with Gasteiger partial charge >= 0.3 is 0 Å². The minimum atomic E-state index is -0.317. The summed E-state index contributed by atoms with van der Waals surface area (Å²) in [6.45, 7) is 4.57. The fourth-order valence-electron chi connectivity index (χ4n) is 3.50. The zero-order valence-electron chi connectivity index (χ0n) is 15.5. The number of hydrogen-bond donors (Lipinski definition) is 1. The number of furan rings is 1. The molecule has 1 atom stereocenters. The van der Waals surface area contributed by atoms with Crippen LogP contribution in [0.3, 0.4) is 0 Å². The van der Waals surface area contributed by atoms with Gasteiger partial charge < -0.3 is 14.5 Å². The minimum absolute atomic E-state index is 0.241. The summed E-state index contributed by atoms with van der Waals surface area (Å²) < 4.78 is 25.4. The lowest BCUT2D eigenvalue weighted by Crippen LogP contribution is -2.40. The number of amides is 1. The quantitative estimate of drug-likeness (QED) is 0.687. The van der Waals surface area contributed by atoms with E-state index in [2.05, 4.69) is 10.2 Å². The van der Waals surface area contributed by atoms with Crippen LogP contribution in [-0.2, 0) is 4.74 Å². The second-order valence-corrected chi connectivity index (χ2v) is 7.90. The first-order valence-electron chi connectivity index (χ1n) is 9.15.